The van der Waals surface area contributed by atoms with Crippen LogP contribution >= 0.6 is 0 Å². The van der Waals surface area contributed by atoms with Crippen LogP contribution in [0, 0.1) is 0 Å². The number of hydrogen-bond acceptors (Lipinski definition) is 12. The summed E-state index contributed by atoms with van der Waals surface area (Å²) in [5, 5.41) is 0. The Labute approximate surface area is 290 Å². The molecule has 0 aromatic carbocycles. The lowest BCUT2D eigenvalue weighted by atomic mass is 10.0. The van der Waals surface area contributed by atoms with Crippen LogP contribution in [0.2, 0.25) is 0 Å². The van der Waals surface area contributed by atoms with Gasteiger partial charge >= 0.3 is 23.9 Å². The molecular weight excluding hydrogens is 646 g/mol. The molecule has 0 aliphatic heterocycles. The molecule has 0 saturated heterocycles. The van der Waals surface area contributed by atoms with Crippen LogP contribution in [-0.2, 0) is 52.7 Å². The maximum atomic E-state index is 11.7. The van der Waals surface area contributed by atoms with Crippen LogP contribution in [0.5, 0.6) is 0 Å². The molecule has 284 valence electrons. The van der Waals surface area contributed by atoms with E-state index in [-0.39, 0.29) is 13.2 Å². The second kappa shape index (κ2) is 31.9. The first-order valence-electron chi connectivity index (χ1n) is 17.7. The lowest BCUT2D eigenvalue weighted by molar-refractivity contribution is -0.906. The minimum Gasteiger partial charge on any atom is -0.726 e. The van der Waals surface area contributed by atoms with Gasteiger partial charge in [0.2, 0.25) is 10.4 Å². The van der Waals surface area contributed by atoms with Crippen molar-refractivity contribution in [3.8, 4) is 0 Å². The van der Waals surface area contributed by atoms with Crippen molar-refractivity contribution >= 4 is 34.3 Å². The highest BCUT2D eigenvalue weighted by Crippen LogP contribution is 2.14. The molecule has 0 aliphatic rings. The van der Waals surface area contributed by atoms with Gasteiger partial charge in [-0.1, -0.05) is 103 Å². The Balaban J connectivity index is 0. The Morgan fingerprint density at radius 1 is 0.562 bits per heavy atom. The predicted molar refractivity (Wildman–Crippen MR) is 181 cm³/mol. The number of ether oxygens (including phenoxy) is 4. The van der Waals surface area contributed by atoms with Crippen molar-refractivity contribution in [2.75, 3.05) is 40.0 Å². The molecule has 2 unspecified atom stereocenters. The fourth-order valence-electron chi connectivity index (χ4n) is 5.19. The van der Waals surface area contributed by atoms with Gasteiger partial charge in [-0.15, -0.1) is 0 Å². The molecule has 0 aromatic rings. The van der Waals surface area contributed by atoms with E-state index >= 15 is 0 Å². The fourth-order valence-corrected chi connectivity index (χ4v) is 5.19. The number of carbonyl (C=O) groups excluding carboxylic acids is 4. The van der Waals surface area contributed by atoms with E-state index in [2.05, 4.69) is 11.1 Å². The van der Waals surface area contributed by atoms with Gasteiger partial charge in [0.15, 0.2) is 12.2 Å². The van der Waals surface area contributed by atoms with Crippen LogP contribution in [-0.4, -0.2) is 89.0 Å². The molecule has 0 heterocycles. The summed E-state index contributed by atoms with van der Waals surface area (Å²) >= 11 is 0. The van der Waals surface area contributed by atoms with Crippen molar-refractivity contribution in [3.63, 3.8) is 0 Å². The molecular formula is C34H65NO12S. The number of hydrogen-bond donors (Lipinski definition) is 1. The Hall–Kier alpha value is -2.29. The molecule has 1 N–H and O–H groups in total. The summed E-state index contributed by atoms with van der Waals surface area (Å²) in [5.41, 5.74) is 0. The molecule has 48 heavy (non-hydrogen) atoms. The normalized spacial score (nSPS) is 13.0. The number of carbonyl (C=O) groups is 4. The highest BCUT2D eigenvalue weighted by Gasteiger charge is 2.26. The Kier molecular flexibility index (Phi) is 31.8. The summed E-state index contributed by atoms with van der Waals surface area (Å²) in [4.78, 5) is 47.0. The molecule has 0 fully saturated rings. The van der Waals surface area contributed by atoms with Crippen LogP contribution in [0.15, 0.2) is 0 Å². The van der Waals surface area contributed by atoms with Crippen molar-refractivity contribution in [2.24, 2.45) is 0 Å². The minimum absolute atomic E-state index is 0.0420. The maximum Gasteiger partial charge on any atom is 0.303 e. The smallest absolute Gasteiger partial charge is 0.303 e. The largest absolute Gasteiger partial charge is 0.726 e. The van der Waals surface area contributed by atoms with Crippen molar-refractivity contribution < 1.29 is 60.2 Å². The number of unbranched alkanes of at least 4 members (excludes halogenated alkanes) is 16. The number of quaternary nitrogens is 1. The van der Waals surface area contributed by atoms with E-state index < -0.39 is 46.5 Å². The summed E-state index contributed by atoms with van der Waals surface area (Å²) in [7, 11) is -3.60. The van der Waals surface area contributed by atoms with Crippen LogP contribution in [0.1, 0.15) is 144 Å². The van der Waals surface area contributed by atoms with E-state index in [1.807, 2.05) is 0 Å². The van der Waals surface area contributed by atoms with Crippen molar-refractivity contribution in [1.82, 2.24) is 0 Å². The lowest BCUT2D eigenvalue weighted by Gasteiger charge is -2.27. The zero-order valence-electron chi connectivity index (χ0n) is 30.5. The second-order valence-corrected chi connectivity index (χ2v) is 13.4. The molecule has 13 nitrogen and oxygen atoms in total. The Morgan fingerprint density at radius 2 is 0.854 bits per heavy atom. The average molecular weight is 712 g/mol. The third-order valence-corrected chi connectivity index (χ3v) is 7.89. The van der Waals surface area contributed by atoms with Crippen molar-refractivity contribution in [2.45, 2.75) is 156 Å². The monoisotopic (exact) mass is 711 g/mol. The zero-order valence-corrected chi connectivity index (χ0v) is 31.3. The van der Waals surface area contributed by atoms with E-state index in [0.717, 1.165) is 37.8 Å². The predicted octanol–water partition coefficient (Wildman–Crippen LogP) is 4.61. The van der Waals surface area contributed by atoms with Gasteiger partial charge in [0.1, 0.15) is 26.3 Å². The SMILES string of the molecule is CCCCCCCCCCCCCCCCCCC[NH+](CC(COC(C)=O)OC(C)=O)CC(COC(C)=O)OC(C)=O.COS(=O)(=O)[O-]. The van der Waals surface area contributed by atoms with Crippen LogP contribution in [0.25, 0.3) is 0 Å². The van der Waals surface area contributed by atoms with Gasteiger partial charge in [0, 0.05) is 27.7 Å². The number of nitrogens with one attached hydrogen (secondary N) is 1. The molecule has 14 heteroatoms. The summed E-state index contributed by atoms with van der Waals surface area (Å²) in [6.45, 7) is 8.95. The van der Waals surface area contributed by atoms with Crippen molar-refractivity contribution in [3.05, 3.63) is 0 Å². The van der Waals surface area contributed by atoms with E-state index in [1.54, 1.807) is 0 Å². The number of rotatable bonds is 29. The highest BCUT2D eigenvalue weighted by molar-refractivity contribution is 7.80. The summed E-state index contributed by atoms with van der Waals surface area (Å²) in [6, 6.07) is 0. The van der Waals surface area contributed by atoms with Crippen LogP contribution in [0.3, 0.4) is 0 Å². The quantitative estimate of drug-likeness (QED) is 0.0376. The second-order valence-electron chi connectivity index (χ2n) is 12.2. The van der Waals surface area contributed by atoms with E-state index in [1.165, 1.54) is 118 Å². The van der Waals surface area contributed by atoms with E-state index in [9.17, 15) is 32.1 Å². The fraction of sp³-hybridized carbons (Fsp3) is 0.882. The van der Waals surface area contributed by atoms with Gasteiger partial charge in [-0.25, -0.2) is 8.42 Å². The Morgan fingerprint density at radius 3 is 1.10 bits per heavy atom. The molecule has 0 rings (SSSR count). The van der Waals surface area contributed by atoms with Crippen LogP contribution < -0.4 is 4.90 Å². The molecule has 2 atom stereocenters. The average Bonchev–Trinajstić information content (AvgIpc) is 2.99. The van der Waals surface area contributed by atoms with Crippen LogP contribution in [0.4, 0.5) is 0 Å². The summed E-state index contributed by atoms with van der Waals surface area (Å²) < 4.78 is 52.0. The molecule has 0 radical (unpaired) electrons. The third-order valence-electron chi connectivity index (χ3n) is 7.48. The minimum atomic E-state index is -4.41. The lowest BCUT2D eigenvalue weighted by Crippen LogP contribution is -3.14. The van der Waals surface area contributed by atoms with Gasteiger partial charge in [-0.2, -0.15) is 0 Å². The highest BCUT2D eigenvalue weighted by atomic mass is 32.3. The topological polar surface area (TPSA) is 176 Å². The van der Waals surface area contributed by atoms with E-state index in [0.29, 0.717) is 13.1 Å². The van der Waals surface area contributed by atoms with Gasteiger partial charge in [-0.3, -0.25) is 23.4 Å². The standard InChI is InChI=1S/C33H61NO8.CH4O4S/c1-6-7-8-9-10-11-12-13-14-15-16-17-18-19-20-21-22-23-34(24-32(41-30(4)37)26-39-28(2)35)25-33(42-31(5)38)27-40-29(3)36;1-5-6(2,3)4/h32-33H,6-27H2,1-5H3;1H3,(H,2,3,4). The zero-order chi connectivity index (χ0) is 36.6. The van der Waals surface area contributed by atoms with Gasteiger partial charge in [0.05, 0.1) is 13.7 Å². The third kappa shape index (κ3) is 38.2. The first kappa shape index (κ1) is 47.8. The Bertz CT molecular complexity index is 904. The first-order valence-corrected chi connectivity index (χ1v) is 19.0. The number of esters is 4. The molecule has 0 spiro atoms. The molecule has 0 aromatic heterocycles. The molecule has 0 bridgehead atoms. The van der Waals surface area contributed by atoms with Gasteiger partial charge < -0.3 is 28.4 Å². The molecule has 0 saturated carbocycles. The summed E-state index contributed by atoms with van der Waals surface area (Å²) in [6.07, 6.45) is 20.8. The van der Waals surface area contributed by atoms with Crippen molar-refractivity contribution in [1.29, 1.82) is 0 Å². The van der Waals surface area contributed by atoms with Gasteiger partial charge in [0.25, 0.3) is 0 Å². The van der Waals surface area contributed by atoms with E-state index in [4.69, 9.17) is 18.9 Å². The molecule has 0 amide bonds. The van der Waals surface area contributed by atoms with Gasteiger partial charge in [-0.05, 0) is 12.8 Å². The maximum absolute atomic E-state index is 11.7. The molecule has 0 aliphatic carbocycles. The summed E-state index contributed by atoms with van der Waals surface area (Å²) in [5.74, 6) is -1.81. The first-order chi connectivity index (χ1) is 22.7.